The molecule has 2 aromatic heterocycles. The Morgan fingerprint density at radius 2 is 1.88 bits per heavy atom. The number of halogens is 3. The molecule has 1 fully saturated rings. The third-order valence-electron chi connectivity index (χ3n) is 9.10. The molecule has 2 unspecified atom stereocenters. The Hall–Kier alpha value is -4.81. The fraction of sp³-hybridized carbons (Fsp3) is 0.314. The minimum Gasteiger partial charge on any atom is -0.507 e. The number of hydrogen-bond acceptors (Lipinski definition) is 7. The SMILES string of the molecule is C=CC(=O)N1CC2C(=O)N(CCO)c3c(c4cc(Cl)c(-c5c(O)cccc5F)c(F)c4n(-c4c(C)ccnc4C(C)C)c3=O)N2CC1C. The summed E-state index contributed by atoms with van der Waals surface area (Å²) in [4.78, 5) is 50.8. The van der Waals surface area contributed by atoms with Crippen molar-refractivity contribution >= 4 is 45.7 Å². The van der Waals surface area contributed by atoms with E-state index in [1.807, 2.05) is 13.8 Å². The predicted octanol–water partition coefficient (Wildman–Crippen LogP) is 5.05. The summed E-state index contributed by atoms with van der Waals surface area (Å²) in [5.74, 6) is -3.71. The maximum atomic E-state index is 17.4. The summed E-state index contributed by atoms with van der Waals surface area (Å²) in [6, 6.07) is 5.16. The van der Waals surface area contributed by atoms with Crippen LogP contribution in [-0.2, 0) is 9.59 Å². The van der Waals surface area contributed by atoms with Crippen molar-refractivity contribution < 1.29 is 28.6 Å². The highest BCUT2D eigenvalue weighted by atomic mass is 35.5. The highest BCUT2D eigenvalue weighted by Crippen LogP contribution is 2.48. The van der Waals surface area contributed by atoms with E-state index in [0.717, 1.165) is 16.7 Å². The molecule has 250 valence electrons. The monoisotopic (exact) mass is 677 g/mol. The van der Waals surface area contributed by atoms with Gasteiger partial charge in [0.1, 0.15) is 23.3 Å². The minimum atomic E-state index is -1.08. The number of anilines is 2. The van der Waals surface area contributed by atoms with Crippen LogP contribution in [0.2, 0.25) is 5.02 Å². The van der Waals surface area contributed by atoms with Gasteiger partial charge in [0, 0.05) is 36.3 Å². The normalized spacial score (nSPS) is 17.6. The molecule has 2 aliphatic rings. The van der Waals surface area contributed by atoms with Gasteiger partial charge in [-0.05, 0) is 55.7 Å². The molecule has 2 aliphatic heterocycles. The number of carbonyl (C=O) groups excluding carboxylic acids is 2. The molecule has 0 spiro atoms. The molecule has 2 N–H and O–H groups in total. The van der Waals surface area contributed by atoms with Gasteiger partial charge in [-0.25, -0.2) is 8.78 Å². The molecule has 0 bridgehead atoms. The first-order valence-electron chi connectivity index (χ1n) is 15.5. The predicted molar refractivity (Wildman–Crippen MR) is 180 cm³/mol. The number of aryl methyl sites for hydroxylation is 1. The molecule has 13 heteroatoms. The van der Waals surface area contributed by atoms with Crippen molar-refractivity contribution in [2.24, 2.45) is 0 Å². The first kappa shape index (κ1) is 33.1. The van der Waals surface area contributed by atoms with Crippen molar-refractivity contribution in [2.75, 3.05) is 36.0 Å². The van der Waals surface area contributed by atoms with E-state index in [-0.39, 0.29) is 64.4 Å². The molecule has 2 atom stereocenters. The maximum Gasteiger partial charge on any atom is 0.281 e. The number of β-amino-alcohol motifs (C(OH)–C–C–N with tert-alkyl or cyclic N) is 1. The van der Waals surface area contributed by atoms with Crippen LogP contribution in [0.1, 0.15) is 37.9 Å². The molecule has 48 heavy (non-hydrogen) atoms. The van der Waals surface area contributed by atoms with E-state index in [4.69, 9.17) is 11.6 Å². The van der Waals surface area contributed by atoms with Gasteiger partial charge in [-0.15, -0.1) is 0 Å². The van der Waals surface area contributed by atoms with Gasteiger partial charge in [-0.3, -0.25) is 23.9 Å². The molecular weight excluding hydrogens is 644 g/mol. The number of aliphatic hydroxyl groups excluding tert-OH is 1. The molecule has 4 aromatic rings. The topological polar surface area (TPSA) is 119 Å². The van der Waals surface area contributed by atoms with Crippen molar-refractivity contribution in [1.29, 1.82) is 0 Å². The molecule has 2 aromatic carbocycles. The number of aliphatic hydroxyl groups is 1. The zero-order valence-electron chi connectivity index (χ0n) is 26.8. The number of nitrogens with zero attached hydrogens (tertiary/aromatic N) is 5. The number of rotatable bonds is 6. The molecule has 0 saturated carbocycles. The lowest BCUT2D eigenvalue weighted by molar-refractivity contribution is -0.130. The number of pyridine rings is 2. The van der Waals surface area contributed by atoms with E-state index in [1.165, 1.54) is 28.0 Å². The van der Waals surface area contributed by atoms with Crippen LogP contribution in [-0.4, -0.2) is 74.8 Å². The van der Waals surface area contributed by atoms with Crippen LogP contribution in [0.3, 0.4) is 0 Å². The van der Waals surface area contributed by atoms with Gasteiger partial charge in [0.15, 0.2) is 5.82 Å². The number of phenolic OH excluding ortho intramolecular Hbond substituents is 1. The van der Waals surface area contributed by atoms with Crippen LogP contribution in [0.5, 0.6) is 5.75 Å². The van der Waals surface area contributed by atoms with E-state index < -0.39 is 58.7 Å². The number of carbonyl (C=O) groups is 2. The van der Waals surface area contributed by atoms with Crippen molar-refractivity contribution in [2.45, 2.75) is 45.7 Å². The molecule has 2 amide bonds. The van der Waals surface area contributed by atoms with Crippen LogP contribution in [0.25, 0.3) is 27.7 Å². The Morgan fingerprint density at radius 3 is 2.52 bits per heavy atom. The van der Waals surface area contributed by atoms with Crippen LogP contribution in [0.15, 0.2) is 54.0 Å². The maximum absolute atomic E-state index is 17.4. The Morgan fingerprint density at radius 1 is 1.15 bits per heavy atom. The summed E-state index contributed by atoms with van der Waals surface area (Å²) in [6.45, 7) is 10.1. The first-order valence-corrected chi connectivity index (χ1v) is 15.9. The molecule has 0 radical (unpaired) electrons. The molecule has 1 saturated heterocycles. The average molecular weight is 678 g/mol. The smallest absolute Gasteiger partial charge is 0.281 e. The van der Waals surface area contributed by atoms with Crippen molar-refractivity contribution in [1.82, 2.24) is 14.5 Å². The summed E-state index contributed by atoms with van der Waals surface area (Å²) in [7, 11) is 0. The van der Waals surface area contributed by atoms with Gasteiger partial charge in [-0.1, -0.05) is 38.1 Å². The fourth-order valence-corrected chi connectivity index (χ4v) is 7.22. The largest absolute Gasteiger partial charge is 0.507 e. The van der Waals surface area contributed by atoms with Gasteiger partial charge in [0.2, 0.25) is 5.91 Å². The fourth-order valence-electron chi connectivity index (χ4n) is 6.94. The highest BCUT2D eigenvalue weighted by molar-refractivity contribution is 6.35. The first-order chi connectivity index (χ1) is 22.8. The second kappa shape index (κ2) is 12.3. The van der Waals surface area contributed by atoms with Crippen LogP contribution in [0, 0.1) is 18.6 Å². The van der Waals surface area contributed by atoms with E-state index in [1.54, 1.807) is 31.0 Å². The lowest BCUT2D eigenvalue weighted by atomic mass is 9.95. The van der Waals surface area contributed by atoms with Crippen LogP contribution < -0.4 is 15.4 Å². The lowest BCUT2D eigenvalue weighted by Crippen LogP contribution is -2.67. The van der Waals surface area contributed by atoms with Crippen LogP contribution >= 0.6 is 11.6 Å². The Labute approximate surface area is 280 Å². The molecule has 0 aliphatic carbocycles. The van der Waals surface area contributed by atoms with Crippen molar-refractivity contribution in [3.8, 4) is 22.6 Å². The summed E-state index contributed by atoms with van der Waals surface area (Å²) in [6.07, 6.45) is 2.73. The number of fused-ring (bicyclic) bond motifs is 5. The minimum absolute atomic E-state index is 0.0621. The third kappa shape index (κ3) is 4.93. The number of aromatic nitrogens is 2. The quantitative estimate of drug-likeness (QED) is 0.274. The second-order valence-corrected chi connectivity index (χ2v) is 12.8. The van der Waals surface area contributed by atoms with Gasteiger partial charge < -0.3 is 24.9 Å². The van der Waals surface area contributed by atoms with E-state index in [9.17, 15) is 19.8 Å². The van der Waals surface area contributed by atoms with Gasteiger partial charge in [0.05, 0.1) is 46.3 Å². The second-order valence-electron chi connectivity index (χ2n) is 12.4. The van der Waals surface area contributed by atoms with E-state index in [0.29, 0.717) is 11.3 Å². The summed E-state index contributed by atoms with van der Waals surface area (Å²) >= 11 is 6.77. The van der Waals surface area contributed by atoms with Crippen molar-refractivity contribution in [3.63, 3.8) is 0 Å². The lowest BCUT2D eigenvalue weighted by Gasteiger charge is -2.50. The Bertz CT molecular complexity index is 2060. The number of phenols is 1. The highest BCUT2D eigenvalue weighted by Gasteiger charge is 2.47. The molecule has 10 nitrogen and oxygen atoms in total. The number of hydrogen-bond donors (Lipinski definition) is 2. The van der Waals surface area contributed by atoms with E-state index in [2.05, 4.69) is 11.6 Å². The number of benzene rings is 2. The summed E-state index contributed by atoms with van der Waals surface area (Å²) < 4.78 is 33.9. The molecule has 6 rings (SSSR count). The van der Waals surface area contributed by atoms with Gasteiger partial charge in [-0.2, -0.15) is 0 Å². The van der Waals surface area contributed by atoms with Crippen LogP contribution in [0.4, 0.5) is 20.2 Å². The summed E-state index contributed by atoms with van der Waals surface area (Å²) in [5.41, 5.74) is -0.614. The standard InChI is InChI=1S/C35H34ClF2N5O5/c1-6-25(46)41-16-23-34(47)40(12-13-44)33-32(42(23)15-19(41)5)20-14-21(36)26(27-22(37)8-7-9-24(27)45)28(38)31(20)43(35(33)48)30-18(4)10-11-39-29(30)17(2)3/h6-11,14,17,19,23,44-45H,1,12-13,15-16H2,2-5H3. The van der Waals surface area contributed by atoms with Crippen molar-refractivity contribution in [3.05, 3.63) is 87.5 Å². The Kier molecular flexibility index (Phi) is 8.50. The zero-order chi connectivity index (χ0) is 34.8. The zero-order valence-corrected chi connectivity index (χ0v) is 27.6. The summed E-state index contributed by atoms with van der Waals surface area (Å²) in [5, 5.41) is 20.7. The van der Waals surface area contributed by atoms with E-state index >= 15 is 13.6 Å². The third-order valence-corrected chi connectivity index (χ3v) is 9.39. The Balaban J connectivity index is 1.82. The van der Waals surface area contributed by atoms with Gasteiger partial charge >= 0.3 is 0 Å². The average Bonchev–Trinajstić information content (AvgIpc) is 3.04. The molecular formula is C35H34ClF2N5O5. The molecule has 4 heterocycles. The van der Waals surface area contributed by atoms with Gasteiger partial charge in [0.25, 0.3) is 11.5 Å². The number of piperazine rings is 1. The number of amides is 2. The number of aromatic hydroxyl groups is 1.